The molecule has 1 aromatic heterocycles. The zero-order valence-corrected chi connectivity index (χ0v) is 8.94. The van der Waals surface area contributed by atoms with E-state index in [0.29, 0.717) is 5.82 Å². The van der Waals surface area contributed by atoms with E-state index in [1.165, 1.54) is 0 Å². The van der Waals surface area contributed by atoms with Gasteiger partial charge < -0.3 is 16.2 Å². The van der Waals surface area contributed by atoms with Gasteiger partial charge in [-0.1, -0.05) is 12.8 Å². The van der Waals surface area contributed by atoms with Crippen molar-refractivity contribution in [2.75, 3.05) is 5.73 Å². The molecule has 1 aliphatic rings. The number of rotatable bonds is 2. The topological polar surface area (TPSA) is 104 Å². The number of amides is 1. The van der Waals surface area contributed by atoms with Crippen molar-refractivity contribution in [2.45, 2.75) is 37.6 Å². The second-order valence-corrected chi connectivity index (χ2v) is 4.20. The maximum absolute atomic E-state index is 10.7. The highest BCUT2D eigenvalue weighted by Crippen LogP contribution is 2.32. The smallest absolute Gasteiger partial charge is 0.404 e. The largest absolute Gasteiger partial charge is 0.465 e. The maximum atomic E-state index is 10.7. The zero-order valence-electron chi connectivity index (χ0n) is 8.94. The van der Waals surface area contributed by atoms with Crippen LogP contribution in [0.3, 0.4) is 0 Å². The molecule has 5 N–H and O–H groups in total. The first-order chi connectivity index (χ1) is 7.66. The number of anilines is 1. The number of H-pyrrole nitrogens is 1. The fourth-order valence-corrected chi connectivity index (χ4v) is 2.38. The molecule has 1 amide bonds. The van der Waals surface area contributed by atoms with Gasteiger partial charge in [0.15, 0.2) is 0 Å². The van der Waals surface area contributed by atoms with Gasteiger partial charge in [-0.05, 0) is 12.8 Å². The molecular formula is C10H16N4O2. The van der Waals surface area contributed by atoms with Crippen molar-refractivity contribution >= 4 is 11.9 Å². The van der Waals surface area contributed by atoms with Crippen LogP contribution < -0.4 is 11.1 Å². The van der Waals surface area contributed by atoms with Crippen molar-refractivity contribution in [2.24, 2.45) is 0 Å². The van der Waals surface area contributed by atoms with Gasteiger partial charge in [0.25, 0.3) is 0 Å². The lowest BCUT2D eigenvalue weighted by molar-refractivity contribution is 0.182. The number of nitrogens with one attached hydrogen (secondary N) is 2. The number of carboxylic acid groups (broad SMARTS) is 1. The molecule has 1 aliphatic carbocycles. The minimum absolute atomic E-state index is 0.0360. The standard InChI is InChI=1S/C10H16N4O2/c11-9-5-8(13-14-9)6-3-1-2-4-7(6)12-10(15)16/h5-7,12H,1-4H2,(H,15,16)(H3,11,13,14). The number of nitrogen functional groups attached to an aromatic ring is 1. The van der Waals surface area contributed by atoms with Crippen molar-refractivity contribution in [3.63, 3.8) is 0 Å². The van der Waals surface area contributed by atoms with Crippen molar-refractivity contribution in [3.8, 4) is 0 Å². The van der Waals surface area contributed by atoms with Gasteiger partial charge in [-0.25, -0.2) is 4.79 Å². The van der Waals surface area contributed by atoms with Crippen molar-refractivity contribution in [1.29, 1.82) is 0 Å². The number of aromatic amines is 1. The number of nitrogens with two attached hydrogens (primary N) is 1. The Hall–Kier alpha value is -1.72. The van der Waals surface area contributed by atoms with Crippen molar-refractivity contribution < 1.29 is 9.90 Å². The van der Waals surface area contributed by atoms with Crippen LogP contribution in [0.15, 0.2) is 6.07 Å². The highest BCUT2D eigenvalue weighted by Gasteiger charge is 2.28. The highest BCUT2D eigenvalue weighted by atomic mass is 16.4. The molecule has 2 rings (SSSR count). The van der Waals surface area contributed by atoms with Crippen LogP contribution >= 0.6 is 0 Å². The van der Waals surface area contributed by atoms with Gasteiger partial charge in [-0.15, -0.1) is 0 Å². The minimum atomic E-state index is -0.968. The lowest BCUT2D eigenvalue weighted by Gasteiger charge is -2.30. The van der Waals surface area contributed by atoms with E-state index in [1.54, 1.807) is 6.07 Å². The Kier molecular flexibility index (Phi) is 2.98. The van der Waals surface area contributed by atoms with E-state index < -0.39 is 6.09 Å². The van der Waals surface area contributed by atoms with Gasteiger partial charge in [0.1, 0.15) is 5.82 Å². The third kappa shape index (κ3) is 2.26. The molecule has 6 nitrogen and oxygen atoms in total. The quantitative estimate of drug-likeness (QED) is 0.607. The first kappa shape index (κ1) is 10.8. The summed E-state index contributed by atoms with van der Waals surface area (Å²) in [6, 6.07) is 1.75. The van der Waals surface area contributed by atoms with Crippen LogP contribution in [0.1, 0.15) is 37.3 Å². The van der Waals surface area contributed by atoms with E-state index in [0.717, 1.165) is 31.4 Å². The van der Waals surface area contributed by atoms with Gasteiger partial charge in [-0.3, -0.25) is 5.10 Å². The minimum Gasteiger partial charge on any atom is -0.465 e. The SMILES string of the molecule is Nc1cc(C2CCCCC2NC(=O)O)[nH]n1. The third-order valence-corrected chi connectivity index (χ3v) is 3.09. The molecule has 0 aliphatic heterocycles. The first-order valence-corrected chi connectivity index (χ1v) is 5.47. The molecule has 0 spiro atoms. The van der Waals surface area contributed by atoms with Crippen LogP contribution in [0.2, 0.25) is 0 Å². The number of hydrogen-bond donors (Lipinski definition) is 4. The average Bonchev–Trinajstić information content (AvgIpc) is 2.65. The molecule has 6 heteroatoms. The van der Waals surface area contributed by atoms with Crippen LogP contribution in [0.5, 0.6) is 0 Å². The molecule has 2 unspecified atom stereocenters. The van der Waals surface area contributed by atoms with Gasteiger partial charge in [0.2, 0.25) is 0 Å². The second kappa shape index (κ2) is 4.42. The molecule has 16 heavy (non-hydrogen) atoms. The number of carbonyl (C=O) groups is 1. The Bertz CT molecular complexity index is 377. The monoisotopic (exact) mass is 224 g/mol. The summed E-state index contributed by atoms with van der Waals surface area (Å²) in [5.41, 5.74) is 6.48. The molecular weight excluding hydrogens is 208 g/mol. The van der Waals surface area contributed by atoms with Crippen molar-refractivity contribution in [3.05, 3.63) is 11.8 Å². The van der Waals surface area contributed by atoms with E-state index in [2.05, 4.69) is 15.5 Å². The second-order valence-electron chi connectivity index (χ2n) is 4.20. The summed E-state index contributed by atoms with van der Waals surface area (Å²) in [5.74, 6) is 0.615. The molecule has 2 atom stereocenters. The molecule has 1 saturated carbocycles. The summed E-state index contributed by atoms with van der Waals surface area (Å²) >= 11 is 0. The Labute approximate surface area is 93.2 Å². The predicted octanol–water partition coefficient (Wildman–Crippen LogP) is 1.29. The van der Waals surface area contributed by atoms with E-state index in [-0.39, 0.29) is 12.0 Å². The molecule has 0 radical (unpaired) electrons. The predicted molar refractivity (Wildman–Crippen MR) is 59.2 cm³/mol. The summed E-state index contributed by atoms with van der Waals surface area (Å²) in [6.07, 6.45) is 3.04. The molecule has 1 fully saturated rings. The lowest BCUT2D eigenvalue weighted by atomic mass is 9.82. The Morgan fingerprint density at radius 3 is 2.94 bits per heavy atom. The number of nitrogens with zero attached hydrogens (tertiary/aromatic N) is 1. The third-order valence-electron chi connectivity index (χ3n) is 3.09. The molecule has 0 saturated heterocycles. The molecule has 0 bridgehead atoms. The first-order valence-electron chi connectivity index (χ1n) is 5.47. The molecule has 1 heterocycles. The fourth-order valence-electron chi connectivity index (χ4n) is 2.38. The van der Waals surface area contributed by atoms with Gasteiger partial charge in [0, 0.05) is 23.7 Å². The van der Waals surface area contributed by atoms with Crippen LogP contribution in [-0.4, -0.2) is 27.4 Å². The van der Waals surface area contributed by atoms with Gasteiger partial charge >= 0.3 is 6.09 Å². The molecule has 88 valence electrons. The lowest BCUT2D eigenvalue weighted by Crippen LogP contribution is -2.40. The van der Waals surface area contributed by atoms with E-state index in [9.17, 15) is 4.79 Å². The van der Waals surface area contributed by atoms with Gasteiger partial charge in [-0.2, -0.15) is 5.10 Å². The van der Waals surface area contributed by atoms with E-state index in [1.807, 2.05) is 0 Å². The van der Waals surface area contributed by atoms with Gasteiger partial charge in [0.05, 0.1) is 0 Å². The van der Waals surface area contributed by atoms with Crippen LogP contribution in [0.4, 0.5) is 10.6 Å². The summed E-state index contributed by atoms with van der Waals surface area (Å²) in [6.45, 7) is 0. The normalized spacial score (nSPS) is 25.2. The van der Waals surface area contributed by atoms with E-state index in [4.69, 9.17) is 10.8 Å². The Morgan fingerprint density at radius 1 is 1.56 bits per heavy atom. The van der Waals surface area contributed by atoms with Crippen LogP contribution in [0.25, 0.3) is 0 Å². The maximum Gasteiger partial charge on any atom is 0.404 e. The highest BCUT2D eigenvalue weighted by molar-refractivity contribution is 5.65. The Balaban J connectivity index is 2.12. The van der Waals surface area contributed by atoms with Crippen LogP contribution in [-0.2, 0) is 0 Å². The molecule has 0 aromatic carbocycles. The number of aromatic nitrogens is 2. The van der Waals surface area contributed by atoms with E-state index >= 15 is 0 Å². The Morgan fingerprint density at radius 2 is 2.31 bits per heavy atom. The summed E-state index contributed by atoms with van der Waals surface area (Å²) in [4.78, 5) is 10.7. The average molecular weight is 224 g/mol. The van der Waals surface area contributed by atoms with Crippen LogP contribution in [0, 0.1) is 0 Å². The fraction of sp³-hybridized carbons (Fsp3) is 0.600. The summed E-state index contributed by atoms with van der Waals surface area (Å²) < 4.78 is 0. The number of hydrogen-bond acceptors (Lipinski definition) is 3. The summed E-state index contributed by atoms with van der Waals surface area (Å²) in [7, 11) is 0. The summed E-state index contributed by atoms with van der Waals surface area (Å²) in [5, 5.41) is 18.1. The molecule has 1 aromatic rings. The zero-order chi connectivity index (χ0) is 11.5. The van der Waals surface area contributed by atoms with Crippen molar-refractivity contribution in [1.82, 2.24) is 15.5 Å².